The number of nitrogens with zero attached hydrogens (tertiary/aromatic N) is 2. The van der Waals surface area contributed by atoms with E-state index in [1.54, 1.807) is 12.1 Å². The van der Waals surface area contributed by atoms with Gasteiger partial charge in [-0.3, -0.25) is 15.0 Å². The number of likely N-dealkylation sites (tertiary alicyclic amines) is 1. The van der Waals surface area contributed by atoms with Crippen LogP contribution >= 0.6 is 11.6 Å². The molecule has 8 heteroatoms. The number of carbonyl (C=O) groups is 1. The van der Waals surface area contributed by atoms with Gasteiger partial charge < -0.3 is 10.1 Å². The molecule has 0 saturated carbocycles. The van der Waals surface area contributed by atoms with Gasteiger partial charge in [0.2, 0.25) is 0 Å². The number of amides is 1. The fourth-order valence-electron chi connectivity index (χ4n) is 3.24. The minimum Gasteiger partial charge on any atom is -0.436 e. The van der Waals surface area contributed by atoms with Crippen LogP contribution in [0.25, 0.3) is 0 Å². The number of nitro benzene ring substituents is 1. The van der Waals surface area contributed by atoms with Crippen LogP contribution in [0.4, 0.5) is 10.5 Å². The summed E-state index contributed by atoms with van der Waals surface area (Å²) >= 11 is 5.85. The summed E-state index contributed by atoms with van der Waals surface area (Å²) in [6.07, 6.45) is 5.89. The van der Waals surface area contributed by atoms with Gasteiger partial charge in [0, 0.05) is 38.2 Å². The SMILES string of the molecule is CCCCCCC#CCOC(=O)NC1CCN(Cc2ccc(Cl)c([N+](=O)[O-])c2)C1. The third-order valence-electron chi connectivity index (χ3n) is 4.76. The highest BCUT2D eigenvalue weighted by molar-refractivity contribution is 6.32. The smallest absolute Gasteiger partial charge is 0.408 e. The van der Waals surface area contributed by atoms with Gasteiger partial charge in [-0.25, -0.2) is 4.79 Å². The number of halogens is 1. The third-order valence-corrected chi connectivity index (χ3v) is 5.08. The number of ether oxygens (including phenoxy) is 1. The van der Waals surface area contributed by atoms with Crippen LogP contribution in [0.5, 0.6) is 0 Å². The van der Waals surface area contributed by atoms with Crippen LogP contribution in [0, 0.1) is 22.0 Å². The summed E-state index contributed by atoms with van der Waals surface area (Å²) in [5.74, 6) is 5.89. The number of nitro groups is 1. The van der Waals surface area contributed by atoms with Crippen LogP contribution in [-0.4, -0.2) is 41.7 Å². The van der Waals surface area contributed by atoms with E-state index in [9.17, 15) is 14.9 Å². The Labute approximate surface area is 176 Å². The quantitative estimate of drug-likeness (QED) is 0.274. The van der Waals surface area contributed by atoms with Crippen molar-refractivity contribution in [3.63, 3.8) is 0 Å². The first-order chi connectivity index (χ1) is 14.0. The van der Waals surface area contributed by atoms with Gasteiger partial charge in [0.05, 0.1) is 4.92 Å². The van der Waals surface area contributed by atoms with E-state index in [4.69, 9.17) is 16.3 Å². The molecule has 1 saturated heterocycles. The third kappa shape index (κ3) is 8.30. The van der Waals surface area contributed by atoms with Crippen molar-refractivity contribution in [2.75, 3.05) is 19.7 Å². The molecule has 1 heterocycles. The summed E-state index contributed by atoms with van der Waals surface area (Å²) in [4.78, 5) is 24.5. The summed E-state index contributed by atoms with van der Waals surface area (Å²) < 4.78 is 5.11. The minimum atomic E-state index is -0.482. The van der Waals surface area contributed by atoms with E-state index in [-0.39, 0.29) is 23.4 Å². The maximum absolute atomic E-state index is 11.9. The minimum absolute atomic E-state index is 0.00760. The molecule has 0 bridgehead atoms. The first kappa shape index (κ1) is 23.0. The molecule has 7 nitrogen and oxygen atoms in total. The van der Waals surface area contributed by atoms with Crippen molar-refractivity contribution in [3.05, 3.63) is 38.9 Å². The lowest BCUT2D eigenvalue weighted by atomic mass is 10.2. The Hall–Kier alpha value is -2.30. The molecule has 1 N–H and O–H groups in total. The second kappa shape index (κ2) is 12.3. The monoisotopic (exact) mass is 421 g/mol. The van der Waals surface area contributed by atoms with E-state index in [0.717, 1.165) is 31.4 Å². The van der Waals surface area contributed by atoms with E-state index >= 15 is 0 Å². The van der Waals surface area contributed by atoms with Crippen molar-refractivity contribution in [2.24, 2.45) is 0 Å². The van der Waals surface area contributed by atoms with Gasteiger partial charge in [-0.1, -0.05) is 55.7 Å². The highest BCUT2D eigenvalue weighted by Crippen LogP contribution is 2.26. The molecule has 0 aliphatic carbocycles. The topological polar surface area (TPSA) is 84.7 Å². The van der Waals surface area contributed by atoms with Gasteiger partial charge in [-0.05, 0) is 24.5 Å². The summed E-state index contributed by atoms with van der Waals surface area (Å²) in [6.45, 7) is 4.29. The molecule has 1 aliphatic rings. The molecule has 29 heavy (non-hydrogen) atoms. The van der Waals surface area contributed by atoms with Crippen LogP contribution in [0.2, 0.25) is 5.02 Å². The first-order valence-corrected chi connectivity index (χ1v) is 10.4. The Morgan fingerprint density at radius 1 is 1.38 bits per heavy atom. The summed E-state index contributed by atoms with van der Waals surface area (Å²) in [6, 6.07) is 4.82. The molecule has 1 aliphatic heterocycles. The summed E-state index contributed by atoms with van der Waals surface area (Å²) in [5.41, 5.74) is 0.728. The Morgan fingerprint density at radius 3 is 2.97 bits per heavy atom. The number of carbonyl (C=O) groups excluding carboxylic acids is 1. The number of benzene rings is 1. The molecule has 0 radical (unpaired) electrons. The van der Waals surface area contributed by atoms with Gasteiger partial charge >= 0.3 is 6.09 Å². The number of hydrogen-bond acceptors (Lipinski definition) is 5. The summed E-state index contributed by atoms with van der Waals surface area (Å²) in [7, 11) is 0. The zero-order chi connectivity index (χ0) is 21.1. The van der Waals surface area contributed by atoms with Gasteiger partial charge in [0.25, 0.3) is 5.69 Å². The van der Waals surface area contributed by atoms with Gasteiger partial charge in [-0.2, -0.15) is 0 Å². The van der Waals surface area contributed by atoms with Crippen molar-refractivity contribution in [1.29, 1.82) is 0 Å². The lowest BCUT2D eigenvalue weighted by Crippen LogP contribution is -2.37. The highest BCUT2D eigenvalue weighted by atomic mass is 35.5. The van der Waals surface area contributed by atoms with E-state index in [0.29, 0.717) is 13.1 Å². The van der Waals surface area contributed by atoms with Crippen LogP contribution < -0.4 is 5.32 Å². The lowest BCUT2D eigenvalue weighted by Gasteiger charge is -2.16. The first-order valence-electron chi connectivity index (χ1n) is 10.0. The predicted octanol–water partition coefficient (Wildman–Crippen LogP) is 4.52. The van der Waals surface area contributed by atoms with E-state index < -0.39 is 11.0 Å². The number of hydrogen-bond donors (Lipinski definition) is 1. The van der Waals surface area contributed by atoms with Gasteiger partial charge in [0.15, 0.2) is 6.61 Å². The van der Waals surface area contributed by atoms with E-state index in [1.165, 1.54) is 25.3 Å². The number of nitrogens with one attached hydrogen (secondary N) is 1. The predicted molar refractivity (Wildman–Crippen MR) is 113 cm³/mol. The number of rotatable bonds is 9. The van der Waals surface area contributed by atoms with Crippen LogP contribution in [0.15, 0.2) is 18.2 Å². The van der Waals surface area contributed by atoms with Crippen molar-refractivity contribution < 1.29 is 14.5 Å². The van der Waals surface area contributed by atoms with Gasteiger partial charge in [0.1, 0.15) is 5.02 Å². The standard InChI is InChI=1S/C21H28ClN3O4/c1-2-3-4-5-6-7-8-13-29-21(26)23-18-11-12-24(16-18)15-17-9-10-19(22)20(14-17)25(27)28/h9-10,14,18H,2-6,11-13,15-16H2,1H3,(H,23,26). The fourth-order valence-corrected chi connectivity index (χ4v) is 3.42. The summed E-state index contributed by atoms with van der Waals surface area (Å²) in [5, 5.41) is 14.0. The Kier molecular flexibility index (Phi) is 9.75. The molecule has 158 valence electrons. The second-order valence-corrected chi connectivity index (χ2v) is 7.56. The largest absolute Gasteiger partial charge is 0.436 e. The number of alkyl carbamates (subject to hydrolysis) is 1. The zero-order valence-electron chi connectivity index (χ0n) is 16.8. The van der Waals surface area contributed by atoms with Crippen LogP contribution in [0.1, 0.15) is 51.0 Å². The zero-order valence-corrected chi connectivity index (χ0v) is 17.5. The maximum Gasteiger partial charge on any atom is 0.408 e. The normalized spacial score (nSPS) is 16.1. The molecule has 1 unspecified atom stereocenters. The van der Waals surface area contributed by atoms with Crippen LogP contribution in [0.3, 0.4) is 0 Å². The van der Waals surface area contributed by atoms with Crippen molar-refractivity contribution in [1.82, 2.24) is 10.2 Å². The highest BCUT2D eigenvalue weighted by Gasteiger charge is 2.25. The molecule has 0 spiro atoms. The Morgan fingerprint density at radius 2 is 2.21 bits per heavy atom. The Bertz CT molecular complexity index is 760. The lowest BCUT2D eigenvalue weighted by molar-refractivity contribution is -0.384. The maximum atomic E-state index is 11.9. The van der Waals surface area contributed by atoms with Crippen molar-refractivity contribution in [3.8, 4) is 11.8 Å². The van der Waals surface area contributed by atoms with E-state index in [1.807, 2.05) is 0 Å². The average Bonchev–Trinajstić information content (AvgIpc) is 3.12. The Balaban J connectivity index is 1.68. The second-order valence-electron chi connectivity index (χ2n) is 7.15. The van der Waals surface area contributed by atoms with Crippen molar-refractivity contribution >= 4 is 23.4 Å². The molecule has 1 amide bonds. The van der Waals surface area contributed by atoms with Gasteiger partial charge in [-0.15, -0.1) is 0 Å². The fraction of sp³-hybridized carbons (Fsp3) is 0.571. The average molecular weight is 422 g/mol. The molecule has 1 fully saturated rings. The van der Waals surface area contributed by atoms with Crippen molar-refractivity contribution in [2.45, 2.75) is 58.0 Å². The molecule has 1 atom stereocenters. The molecule has 2 rings (SSSR count). The molecule has 1 aromatic rings. The van der Waals surface area contributed by atoms with E-state index in [2.05, 4.69) is 29.0 Å². The molecule has 0 aromatic heterocycles. The molecule has 1 aromatic carbocycles. The molecular weight excluding hydrogens is 394 g/mol. The number of unbranched alkanes of at least 4 members (excludes halogenated alkanes) is 4. The van der Waals surface area contributed by atoms with Crippen LogP contribution in [-0.2, 0) is 11.3 Å². The molecular formula is C21H28ClN3O4.